The molecule has 2 rings (SSSR count). The first-order chi connectivity index (χ1) is 7.61. The topological polar surface area (TPSA) is 50.7 Å². The summed E-state index contributed by atoms with van der Waals surface area (Å²) in [7, 11) is 0. The zero-order chi connectivity index (χ0) is 11.7. The Balaban J connectivity index is 2.31. The van der Waals surface area contributed by atoms with Crippen LogP contribution in [-0.4, -0.2) is 17.6 Å². The Hall–Kier alpha value is -1.38. The maximum atomic E-state index is 6.14. The van der Waals surface area contributed by atoms with Gasteiger partial charge in [0.2, 0.25) is 0 Å². The minimum absolute atomic E-state index is 0.233. The molecule has 2 aliphatic rings. The van der Waals surface area contributed by atoms with E-state index >= 15 is 0 Å². The number of rotatable bonds is 2. The maximum Gasteiger partial charge on any atom is 0.121 e. The van der Waals surface area contributed by atoms with E-state index in [2.05, 4.69) is 16.6 Å². The molecule has 2 N–H and O–H groups in total. The molecule has 86 valence electrons. The summed E-state index contributed by atoms with van der Waals surface area (Å²) in [5, 5.41) is 0. The van der Waals surface area contributed by atoms with Gasteiger partial charge in [-0.15, -0.1) is 6.58 Å². The zero-order valence-electron chi connectivity index (χ0n) is 10.0. The fourth-order valence-corrected chi connectivity index (χ4v) is 2.72. The van der Waals surface area contributed by atoms with Gasteiger partial charge in [-0.05, 0) is 39.0 Å². The number of nitrogens with zero attached hydrogens (tertiary/aromatic N) is 2. The van der Waals surface area contributed by atoms with Crippen LogP contribution in [0.4, 0.5) is 0 Å². The van der Waals surface area contributed by atoms with Crippen molar-refractivity contribution in [1.29, 1.82) is 0 Å². The van der Waals surface area contributed by atoms with E-state index in [0.29, 0.717) is 5.92 Å². The Bertz CT molecular complexity index is 401. The van der Waals surface area contributed by atoms with Gasteiger partial charge in [0.05, 0.1) is 6.04 Å². The van der Waals surface area contributed by atoms with Gasteiger partial charge in [-0.2, -0.15) is 0 Å². The molecule has 0 fully saturated rings. The van der Waals surface area contributed by atoms with E-state index in [4.69, 9.17) is 5.73 Å². The summed E-state index contributed by atoms with van der Waals surface area (Å²) in [6, 6.07) is 0.233. The van der Waals surface area contributed by atoms with Crippen LogP contribution in [0.15, 0.2) is 33.9 Å². The van der Waals surface area contributed by atoms with Crippen LogP contribution in [0.1, 0.15) is 33.1 Å². The molecule has 3 heteroatoms. The van der Waals surface area contributed by atoms with E-state index in [1.807, 2.05) is 19.9 Å². The minimum Gasteiger partial charge on any atom is -0.402 e. The number of fused-ring (bicyclic) bond motifs is 1. The van der Waals surface area contributed by atoms with Gasteiger partial charge in [0.15, 0.2) is 0 Å². The average Bonchev–Trinajstić information content (AvgIpc) is 2.15. The van der Waals surface area contributed by atoms with Crippen molar-refractivity contribution in [3.8, 4) is 0 Å². The molecule has 0 aromatic rings. The molecule has 0 spiro atoms. The number of amidine groups is 1. The number of allylic oxidation sites excluding steroid dienone is 2. The molecule has 0 saturated carbocycles. The molecule has 1 unspecified atom stereocenters. The second-order valence-electron chi connectivity index (χ2n) is 4.66. The molecule has 0 aromatic heterocycles. The Morgan fingerprint density at radius 1 is 1.50 bits per heavy atom. The quantitative estimate of drug-likeness (QED) is 0.710. The van der Waals surface area contributed by atoms with E-state index < -0.39 is 0 Å². The van der Waals surface area contributed by atoms with Crippen molar-refractivity contribution in [1.82, 2.24) is 0 Å². The van der Waals surface area contributed by atoms with Gasteiger partial charge >= 0.3 is 0 Å². The molecule has 0 aromatic carbocycles. The van der Waals surface area contributed by atoms with Gasteiger partial charge in [-0.3, -0.25) is 4.99 Å². The number of hydrogen-bond donors (Lipinski definition) is 1. The second kappa shape index (κ2) is 4.24. The highest BCUT2D eigenvalue weighted by atomic mass is 15.0. The fourth-order valence-electron chi connectivity index (χ4n) is 2.72. The molecule has 3 nitrogen and oxygen atoms in total. The minimum atomic E-state index is 0.233. The number of nitrogens with two attached hydrogens (primary N) is 1. The summed E-state index contributed by atoms with van der Waals surface area (Å²) in [5.41, 5.74) is 9.33. The Labute approximate surface area is 96.9 Å². The van der Waals surface area contributed by atoms with Crippen LogP contribution < -0.4 is 5.73 Å². The van der Waals surface area contributed by atoms with E-state index in [0.717, 1.165) is 36.5 Å². The van der Waals surface area contributed by atoms with Crippen molar-refractivity contribution in [3.63, 3.8) is 0 Å². The van der Waals surface area contributed by atoms with Crippen LogP contribution in [0.25, 0.3) is 0 Å². The Morgan fingerprint density at radius 2 is 2.25 bits per heavy atom. The molecule has 0 saturated heterocycles. The van der Waals surface area contributed by atoms with Crippen molar-refractivity contribution < 1.29 is 0 Å². The third-order valence-electron chi connectivity index (χ3n) is 3.31. The lowest BCUT2D eigenvalue weighted by Gasteiger charge is -2.32. The molecule has 0 radical (unpaired) electrons. The average molecular weight is 217 g/mol. The van der Waals surface area contributed by atoms with E-state index in [1.54, 1.807) is 0 Å². The highest BCUT2D eigenvalue weighted by molar-refractivity contribution is 6.08. The first-order valence-electron chi connectivity index (χ1n) is 5.81. The Kier molecular flexibility index (Phi) is 2.95. The maximum absolute atomic E-state index is 6.14. The highest BCUT2D eigenvalue weighted by Gasteiger charge is 2.30. The predicted octanol–water partition coefficient (Wildman–Crippen LogP) is 2.45. The molecule has 1 aliphatic heterocycles. The summed E-state index contributed by atoms with van der Waals surface area (Å²) < 4.78 is 0. The summed E-state index contributed by atoms with van der Waals surface area (Å²) in [6.45, 7) is 7.78. The highest BCUT2D eigenvalue weighted by Crippen LogP contribution is 2.33. The van der Waals surface area contributed by atoms with Crippen LogP contribution in [0.5, 0.6) is 0 Å². The molecule has 1 aliphatic carbocycles. The summed E-state index contributed by atoms with van der Waals surface area (Å²) in [4.78, 5) is 8.99. The summed E-state index contributed by atoms with van der Waals surface area (Å²) in [5.74, 6) is 1.46. The zero-order valence-corrected chi connectivity index (χ0v) is 10.0. The molecule has 16 heavy (non-hydrogen) atoms. The van der Waals surface area contributed by atoms with Gasteiger partial charge in [0.1, 0.15) is 5.84 Å². The SMILES string of the molecule is C=CC[C@H]1CC(N)=C2C(C)=NC(C)=NC2C1. The first-order valence-corrected chi connectivity index (χ1v) is 5.81. The van der Waals surface area contributed by atoms with Gasteiger partial charge in [0, 0.05) is 17.0 Å². The van der Waals surface area contributed by atoms with Crippen LogP contribution >= 0.6 is 0 Å². The van der Waals surface area contributed by atoms with Crippen molar-refractivity contribution in [3.05, 3.63) is 23.9 Å². The Morgan fingerprint density at radius 3 is 2.94 bits per heavy atom. The van der Waals surface area contributed by atoms with Crippen molar-refractivity contribution in [2.45, 2.75) is 39.2 Å². The van der Waals surface area contributed by atoms with Crippen molar-refractivity contribution in [2.24, 2.45) is 21.6 Å². The third kappa shape index (κ3) is 1.94. The van der Waals surface area contributed by atoms with Gasteiger partial charge in [0.25, 0.3) is 0 Å². The lowest BCUT2D eigenvalue weighted by Crippen LogP contribution is -2.32. The third-order valence-corrected chi connectivity index (χ3v) is 3.31. The van der Waals surface area contributed by atoms with E-state index in [1.165, 1.54) is 5.57 Å². The smallest absolute Gasteiger partial charge is 0.121 e. The number of aliphatic imine (C=N–C) groups is 2. The standard InChI is InChI=1S/C13H19N3/c1-4-5-10-6-11(14)13-8(2)15-9(3)16-12(13)7-10/h4,10,12H,1,5-7,14H2,2-3H3/t10-,12?/m0/s1. The molecule has 0 bridgehead atoms. The first kappa shape index (κ1) is 11.1. The van der Waals surface area contributed by atoms with Crippen molar-refractivity contribution in [2.75, 3.05) is 0 Å². The van der Waals surface area contributed by atoms with Crippen LogP contribution in [0.3, 0.4) is 0 Å². The fraction of sp³-hybridized carbons (Fsp3) is 0.538. The van der Waals surface area contributed by atoms with Crippen LogP contribution in [0.2, 0.25) is 0 Å². The van der Waals surface area contributed by atoms with E-state index in [-0.39, 0.29) is 6.04 Å². The van der Waals surface area contributed by atoms with E-state index in [9.17, 15) is 0 Å². The molecular weight excluding hydrogens is 198 g/mol. The molecular formula is C13H19N3. The lowest BCUT2D eigenvalue weighted by atomic mass is 9.80. The van der Waals surface area contributed by atoms with Gasteiger partial charge in [-0.1, -0.05) is 6.08 Å². The van der Waals surface area contributed by atoms with Gasteiger partial charge in [-0.25, -0.2) is 4.99 Å². The largest absolute Gasteiger partial charge is 0.402 e. The monoisotopic (exact) mass is 217 g/mol. The van der Waals surface area contributed by atoms with Crippen molar-refractivity contribution >= 4 is 11.5 Å². The lowest BCUT2D eigenvalue weighted by molar-refractivity contribution is 0.431. The molecule has 2 atom stereocenters. The summed E-state index contributed by atoms with van der Waals surface area (Å²) >= 11 is 0. The predicted molar refractivity (Wildman–Crippen MR) is 68.8 cm³/mol. The van der Waals surface area contributed by atoms with Gasteiger partial charge < -0.3 is 5.73 Å². The second-order valence-corrected chi connectivity index (χ2v) is 4.66. The molecule has 0 amide bonds. The number of hydrogen-bond acceptors (Lipinski definition) is 3. The molecule has 1 heterocycles. The van der Waals surface area contributed by atoms with Crippen LogP contribution in [-0.2, 0) is 0 Å². The van der Waals surface area contributed by atoms with Crippen LogP contribution in [0, 0.1) is 5.92 Å². The summed E-state index contributed by atoms with van der Waals surface area (Å²) in [6.07, 6.45) is 5.03. The normalized spacial score (nSPS) is 29.4.